The average Bonchev–Trinajstić information content (AvgIpc) is 3.20. The molecule has 0 amide bonds. The lowest BCUT2D eigenvalue weighted by Crippen LogP contribution is -2.02. The first-order chi connectivity index (χ1) is 10.1. The van der Waals surface area contributed by atoms with Gasteiger partial charge in [-0.15, -0.1) is 0 Å². The van der Waals surface area contributed by atoms with Gasteiger partial charge < -0.3 is 4.74 Å². The molecule has 2 aromatic rings. The van der Waals surface area contributed by atoms with Gasteiger partial charge in [-0.25, -0.2) is 4.68 Å². The molecule has 3 rings (SSSR count). The predicted molar refractivity (Wildman–Crippen MR) is 88.8 cm³/mol. The predicted octanol–water partition coefficient (Wildman–Crippen LogP) is 4.85. The minimum absolute atomic E-state index is 0.758. The SMILES string of the molecule is CC(C)=Cc1cc(Br)nn1-c1cccc(OCC2CC2)c1. The van der Waals surface area contributed by atoms with Crippen LogP contribution in [0.4, 0.5) is 0 Å². The fourth-order valence-electron chi connectivity index (χ4n) is 2.17. The second-order valence-corrected chi connectivity index (χ2v) is 6.59. The summed E-state index contributed by atoms with van der Waals surface area (Å²) in [6.07, 6.45) is 4.72. The van der Waals surface area contributed by atoms with Gasteiger partial charge in [0, 0.05) is 6.07 Å². The highest BCUT2D eigenvalue weighted by Gasteiger charge is 2.21. The van der Waals surface area contributed by atoms with Gasteiger partial charge in [0.1, 0.15) is 10.4 Å². The van der Waals surface area contributed by atoms with E-state index in [4.69, 9.17) is 4.74 Å². The van der Waals surface area contributed by atoms with E-state index in [1.54, 1.807) is 0 Å². The highest BCUT2D eigenvalue weighted by molar-refractivity contribution is 9.10. The quantitative estimate of drug-likeness (QED) is 0.773. The van der Waals surface area contributed by atoms with Crippen LogP contribution in [0.3, 0.4) is 0 Å². The Balaban J connectivity index is 1.88. The molecule has 0 N–H and O–H groups in total. The summed E-state index contributed by atoms with van der Waals surface area (Å²) >= 11 is 3.45. The molecule has 0 saturated heterocycles. The lowest BCUT2D eigenvalue weighted by Gasteiger charge is -2.09. The zero-order chi connectivity index (χ0) is 14.8. The maximum Gasteiger partial charge on any atom is 0.129 e. The minimum Gasteiger partial charge on any atom is -0.493 e. The second kappa shape index (κ2) is 6.06. The molecule has 0 atom stereocenters. The Morgan fingerprint density at radius 2 is 2.19 bits per heavy atom. The molecule has 1 aliphatic carbocycles. The van der Waals surface area contributed by atoms with Gasteiger partial charge in [-0.05, 0) is 72.8 Å². The number of allylic oxidation sites excluding steroid dienone is 1. The lowest BCUT2D eigenvalue weighted by molar-refractivity contribution is 0.299. The molecule has 0 spiro atoms. The number of nitrogens with zero attached hydrogens (tertiary/aromatic N) is 2. The van der Waals surface area contributed by atoms with Gasteiger partial charge in [-0.2, -0.15) is 5.10 Å². The molecule has 1 aliphatic rings. The molecule has 1 heterocycles. The number of rotatable bonds is 5. The Kier molecular flexibility index (Phi) is 4.15. The van der Waals surface area contributed by atoms with Crippen molar-refractivity contribution in [3.05, 3.63) is 46.2 Å². The van der Waals surface area contributed by atoms with Gasteiger partial charge in [-0.1, -0.05) is 11.6 Å². The van der Waals surface area contributed by atoms with E-state index in [9.17, 15) is 0 Å². The number of benzene rings is 1. The van der Waals surface area contributed by atoms with Gasteiger partial charge in [0.15, 0.2) is 0 Å². The van der Waals surface area contributed by atoms with Gasteiger partial charge in [-0.3, -0.25) is 0 Å². The largest absolute Gasteiger partial charge is 0.493 e. The maximum absolute atomic E-state index is 5.85. The molecular formula is C17H19BrN2O. The summed E-state index contributed by atoms with van der Waals surface area (Å²) in [5.41, 5.74) is 3.31. The number of ether oxygens (including phenoxy) is 1. The van der Waals surface area contributed by atoms with Gasteiger partial charge in [0.25, 0.3) is 0 Å². The molecule has 0 radical (unpaired) electrons. The first-order valence-corrected chi connectivity index (χ1v) is 8.05. The molecule has 110 valence electrons. The van der Waals surface area contributed by atoms with E-state index in [1.165, 1.54) is 18.4 Å². The van der Waals surface area contributed by atoms with Crippen LogP contribution in [-0.2, 0) is 0 Å². The van der Waals surface area contributed by atoms with Crippen molar-refractivity contribution in [2.75, 3.05) is 6.61 Å². The van der Waals surface area contributed by atoms with E-state index in [-0.39, 0.29) is 0 Å². The fourth-order valence-corrected chi connectivity index (χ4v) is 2.57. The summed E-state index contributed by atoms with van der Waals surface area (Å²) in [4.78, 5) is 0. The monoisotopic (exact) mass is 346 g/mol. The molecule has 1 aromatic heterocycles. The maximum atomic E-state index is 5.85. The van der Waals surface area contributed by atoms with Gasteiger partial charge in [0.05, 0.1) is 18.0 Å². The van der Waals surface area contributed by atoms with E-state index in [1.807, 2.05) is 35.0 Å². The van der Waals surface area contributed by atoms with Crippen molar-refractivity contribution >= 4 is 22.0 Å². The van der Waals surface area contributed by atoms with Crippen LogP contribution >= 0.6 is 15.9 Å². The average molecular weight is 347 g/mol. The van der Waals surface area contributed by atoms with Crippen LogP contribution in [0.5, 0.6) is 5.75 Å². The normalized spacial score (nSPS) is 14.0. The van der Waals surface area contributed by atoms with E-state index in [2.05, 4.69) is 41.0 Å². The summed E-state index contributed by atoms with van der Waals surface area (Å²) in [5.74, 6) is 1.67. The Morgan fingerprint density at radius 1 is 1.38 bits per heavy atom. The lowest BCUT2D eigenvalue weighted by atomic mass is 10.2. The van der Waals surface area contributed by atoms with E-state index >= 15 is 0 Å². The Labute approximate surface area is 133 Å². The topological polar surface area (TPSA) is 27.1 Å². The summed E-state index contributed by atoms with van der Waals surface area (Å²) in [5, 5.41) is 4.52. The standard InChI is InChI=1S/C17H19BrN2O/c1-12(2)8-15-10-17(18)19-20(15)14-4-3-5-16(9-14)21-11-13-6-7-13/h3-5,8-10,13H,6-7,11H2,1-2H3. The molecule has 0 aliphatic heterocycles. The molecule has 0 bridgehead atoms. The summed E-state index contributed by atoms with van der Waals surface area (Å²) in [6, 6.07) is 10.1. The number of aromatic nitrogens is 2. The van der Waals surface area contributed by atoms with Crippen LogP contribution in [0.15, 0.2) is 40.5 Å². The highest BCUT2D eigenvalue weighted by atomic mass is 79.9. The van der Waals surface area contributed by atoms with Crippen molar-refractivity contribution in [3.8, 4) is 11.4 Å². The minimum atomic E-state index is 0.758. The van der Waals surface area contributed by atoms with Crippen LogP contribution < -0.4 is 4.74 Å². The third-order valence-corrected chi connectivity index (χ3v) is 3.78. The third-order valence-electron chi connectivity index (χ3n) is 3.39. The van der Waals surface area contributed by atoms with Crippen LogP contribution in [-0.4, -0.2) is 16.4 Å². The number of halogens is 1. The van der Waals surface area contributed by atoms with Crippen molar-refractivity contribution in [3.63, 3.8) is 0 Å². The molecular weight excluding hydrogens is 328 g/mol. The molecule has 1 fully saturated rings. The highest BCUT2D eigenvalue weighted by Crippen LogP contribution is 2.30. The van der Waals surface area contributed by atoms with Crippen LogP contribution in [0.1, 0.15) is 32.4 Å². The molecule has 4 heteroatoms. The second-order valence-electron chi connectivity index (χ2n) is 5.78. The number of hydrogen-bond donors (Lipinski definition) is 0. The van der Waals surface area contributed by atoms with Gasteiger partial charge in [0.2, 0.25) is 0 Å². The first-order valence-electron chi connectivity index (χ1n) is 7.25. The Hall–Kier alpha value is -1.55. The van der Waals surface area contributed by atoms with E-state index in [0.29, 0.717) is 0 Å². The zero-order valence-electron chi connectivity index (χ0n) is 12.3. The zero-order valence-corrected chi connectivity index (χ0v) is 13.9. The summed E-state index contributed by atoms with van der Waals surface area (Å²) in [7, 11) is 0. The Morgan fingerprint density at radius 3 is 2.90 bits per heavy atom. The summed E-state index contributed by atoms with van der Waals surface area (Å²) in [6.45, 7) is 4.99. The van der Waals surface area contributed by atoms with Crippen LogP contribution in [0.25, 0.3) is 11.8 Å². The van der Waals surface area contributed by atoms with Crippen molar-refractivity contribution in [1.29, 1.82) is 0 Å². The third kappa shape index (κ3) is 3.76. The molecule has 21 heavy (non-hydrogen) atoms. The summed E-state index contributed by atoms with van der Waals surface area (Å²) < 4.78 is 8.62. The van der Waals surface area contributed by atoms with Crippen LogP contribution in [0.2, 0.25) is 0 Å². The van der Waals surface area contributed by atoms with Crippen LogP contribution in [0, 0.1) is 5.92 Å². The van der Waals surface area contributed by atoms with E-state index < -0.39 is 0 Å². The molecule has 3 nitrogen and oxygen atoms in total. The van der Waals surface area contributed by atoms with Gasteiger partial charge >= 0.3 is 0 Å². The fraction of sp³-hybridized carbons (Fsp3) is 0.353. The molecule has 1 saturated carbocycles. The smallest absolute Gasteiger partial charge is 0.129 e. The van der Waals surface area contributed by atoms with Crippen molar-refractivity contribution < 1.29 is 4.74 Å². The number of hydrogen-bond acceptors (Lipinski definition) is 2. The Bertz CT molecular complexity index is 667. The molecule has 0 unspecified atom stereocenters. The van der Waals surface area contributed by atoms with E-state index in [0.717, 1.165) is 34.3 Å². The van der Waals surface area contributed by atoms with Crippen molar-refractivity contribution in [2.24, 2.45) is 5.92 Å². The molecule has 1 aromatic carbocycles. The first kappa shape index (κ1) is 14.4. The van der Waals surface area contributed by atoms with Crippen molar-refractivity contribution in [2.45, 2.75) is 26.7 Å². The van der Waals surface area contributed by atoms with Crippen molar-refractivity contribution in [1.82, 2.24) is 9.78 Å².